The summed E-state index contributed by atoms with van der Waals surface area (Å²) in [6.07, 6.45) is -6.74. The molecule has 0 saturated heterocycles. The van der Waals surface area contributed by atoms with E-state index >= 15 is 0 Å². The largest absolute Gasteiger partial charge is 0.507 e. The average Bonchev–Trinajstić information content (AvgIpc) is 2.11. The number of halogens is 3. The highest BCUT2D eigenvalue weighted by molar-refractivity contribution is 5.98. The van der Waals surface area contributed by atoms with Crippen molar-refractivity contribution in [2.24, 2.45) is 0 Å². The van der Waals surface area contributed by atoms with Crippen LogP contribution in [0.25, 0.3) is 0 Å². The number of Topliss-reactive ketones (excluding diaryl/α,β-unsaturated/α-hetero) is 1. The number of hydrogen-bond donors (Lipinski definition) is 1. The van der Waals surface area contributed by atoms with Gasteiger partial charge in [-0.3, -0.25) is 4.79 Å². The Bertz CT molecular complexity index is 487. The van der Waals surface area contributed by atoms with Gasteiger partial charge in [0.2, 0.25) is 0 Å². The Hall–Kier alpha value is -1.79. The van der Waals surface area contributed by atoms with Crippen molar-refractivity contribution in [3.8, 4) is 5.75 Å². The lowest BCUT2D eigenvalue weighted by molar-refractivity contribution is -0.133. The molecule has 0 aliphatic carbocycles. The summed E-state index contributed by atoms with van der Waals surface area (Å²) in [4.78, 5) is 22.5. The van der Waals surface area contributed by atoms with Gasteiger partial charge in [-0.15, -0.1) is 0 Å². The first-order valence-corrected chi connectivity index (χ1v) is 4.64. The third kappa shape index (κ3) is 3.61. The Labute approximate surface area is 93.7 Å². The Morgan fingerprint density at radius 1 is 1.47 bits per heavy atom. The third-order valence-corrected chi connectivity index (χ3v) is 1.97. The molecule has 1 aromatic heterocycles. The number of ketones is 1. The van der Waals surface area contributed by atoms with E-state index < -0.39 is 41.7 Å². The summed E-state index contributed by atoms with van der Waals surface area (Å²) in [5.41, 5.74) is -1.87. The topological polar surface area (TPSA) is 67.5 Å². The van der Waals surface area contributed by atoms with E-state index in [2.05, 4.69) is 4.42 Å². The van der Waals surface area contributed by atoms with Gasteiger partial charge in [-0.05, 0) is 6.92 Å². The van der Waals surface area contributed by atoms with Crippen molar-refractivity contribution < 1.29 is 27.5 Å². The predicted octanol–water partition coefficient (Wildman–Crippen LogP) is 2.18. The molecule has 4 nitrogen and oxygen atoms in total. The highest BCUT2D eigenvalue weighted by atomic mass is 19.4. The summed E-state index contributed by atoms with van der Waals surface area (Å²) in [7, 11) is 0. The SMILES string of the molecule is Cc1cc(O)c(C(=O)CCC(F)(F)F)c(=O)o1. The van der Waals surface area contributed by atoms with Crippen molar-refractivity contribution in [1.29, 1.82) is 0 Å². The lowest BCUT2D eigenvalue weighted by atomic mass is 10.1. The highest BCUT2D eigenvalue weighted by Gasteiger charge is 2.29. The van der Waals surface area contributed by atoms with E-state index in [9.17, 15) is 27.9 Å². The van der Waals surface area contributed by atoms with E-state index in [1.807, 2.05) is 0 Å². The zero-order valence-corrected chi connectivity index (χ0v) is 8.80. The second-order valence-corrected chi connectivity index (χ2v) is 3.44. The van der Waals surface area contributed by atoms with Crippen LogP contribution in [-0.2, 0) is 0 Å². The van der Waals surface area contributed by atoms with E-state index in [1.165, 1.54) is 6.92 Å². The van der Waals surface area contributed by atoms with Crippen LogP contribution in [0.3, 0.4) is 0 Å². The van der Waals surface area contributed by atoms with Gasteiger partial charge in [0.05, 0.1) is 6.42 Å². The first kappa shape index (κ1) is 13.3. The van der Waals surface area contributed by atoms with Crippen LogP contribution in [0.15, 0.2) is 15.3 Å². The van der Waals surface area contributed by atoms with Crippen LogP contribution in [0.5, 0.6) is 5.75 Å². The van der Waals surface area contributed by atoms with Crippen LogP contribution >= 0.6 is 0 Å². The maximum absolute atomic E-state index is 11.9. The van der Waals surface area contributed by atoms with Crippen molar-refractivity contribution in [2.75, 3.05) is 0 Å². The first-order valence-electron chi connectivity index (χ1n) is 4.64. The number of alkyl halides is 3. The fourth-order valence-corrected chi connectivity index (χ4v) is 1.23. The van der Waals surface area contributed by atoms with E-state index in [0.29, 0.717) is 0 Å². The molecule has 0 bridgehead atoms. The second-order valence-electron chi connectivity index (χ2n) is 3.44. The van der Waals surface area contributed by atoms with Crippen molar-refractivity contribution in [3.05, 3.63) is 27.8 Å². The quantitative estimate of drug-likeness (QED) is 0.835. The van der Waals surface area contributed by atoms with Gasteiger partial charge in [0.1, 0.15) is 17.1 Å². The molecule has 1 heterocycles. The second kappa shape index (κ2) is 4.60. The van der Waals surface area contributed by atoms with Gasteiger partial charge in [0.15, 0.2) is 5.78 Å². The molecule has 17 heavy (non-hydrogen) atoms. The molecule has 0 fully saturated rings. The van der Waals surface area contributed by atoms with Crippen LogP contribution < -0.4 is 5.63 Å². The number of aromatic hydroxyl groups is 1. The standard InChI is InChI=1S/C10H9F3O4/c1-5-4-7(15)8(9(16)17-5)6(14)2-3-10(11,12)13/h4,15H,2-3H2,1H3. The molecule has 0 saturated carbocycles. The third-order valence-electron chi connectivity index (χ3n) is 1.97. The fraction of sp³-hybridized carbons (Fsp3) is 0.400. The smallest absolute Gasteiger partial charge is 0.389 e. The molecule has 1 N–H and O–H groups in total. The van der Waals surface area contributed by atoms with Gasteiger partial charge < -0.3 is 9.52 Å². The predicted molar refractivity (Wildman–Crippen MR) is 51.0 cm³/mol. The van der Waals surface area contributed by atoms with E-state index in [0.717, 1.165) is 6.07 Å². The van der Waals surface area contributed by atoms with Crippen LogP contribution in [0, 0.1) is 6.92 Å². The first-order chi connectivity index (χ1) is 7.70. The summed E-state index contributed by atoms with van der Waals surface area (Å²) < 4.78 is 40.2. The zero-order valence-electron chi connectivity index (χ0n) is 8.80. The van der Waals surface area contributed by atoms with Crippen LogP contribution in [0.2, 0.25) is 0 Å². The minimum absolute atomic E-state index is 0.0693. The van der Waals surface area contributed by atoms with Gasteiger partial charge in [0, 0.05) is 12.5 Å². The molecule has 1 rings (SSSR count). The zero-order chi connectivity index (χ0) is 13.2. The molecule has 0 amide bonds. The molecule has 7 heteroatoms. The number of rotatable bonds is 3. The maximum atomic E-state index is 11.9. The van der Waals surface area contributed by atoms with Gasteiger partial charge >= 0.3 is 11.8 Å². The fourth-order valence-electron chi connectivity index (χ4n) is 1.23. The van der Waals surface area contributed by atoms with Gasteiger partial charge in [0.25, 0.3) is 0 Å². The van der Waals surface area contributed by atoms with Crippen molar-refractivity contribution in [3.63, 3.8) is 0 Å². The molecule has 0 aliphatic rings. The normalized spacial score (nSPS) is 11.5. The highest BCUT2D eigenvalue weighted by Crippen LogP contribution is 2.24. The molecule has 0 spiro atoms. The Morgan fingerprint density at radius 2 is 2.06 bits per heavy atom. The summed E-state index contributed by atoms with van der Waals surface area (Å²) in [6.45, 7) is 1.37. The number of aryl methyl sites for hydroxylation is 1. The molecular weight excluding hydrogens is 241 g/mol. The molecule has 0 radical (unpaired) electrons. The number of carbonyl (C=O) groups is 1. The van der Waals surface area contributed by atoms with Crippen molar-refractivity contribution >= 4 is 5.78 Å². The van der Waals surface area contributed by atoms with E-state index in [1.54, 1.807) is 0 Å². The molecule has 0 aromatic carbocycles. The van der Waals surface area contributed by atoms with Crippen molar-refractivity contribution in [1.82, 2.24) is 0 Å². The Kier molecular flexibility index (Phi) is 3.59. The molecule has 0 aliphatic heterocycles. The summed E-state index contributed by atoms with van der Waals surface area (Å²) in [5.74, 6) is -1.68. The van der Waals surface area contributed by atoms with Crippen LogP contribution in [-0.4, -0.2) is 17.1 Å². The molecule has 1 aromatic rings. The number of hydrogen-bond acceptors (Lipinski definition) is 4. The number of carbonyl (C=O) groups excluding carboxylic acids is 1. The average molecular weight is 250 g/mol. The van der Waals surface area contributed by atoms with Crippen LogP contribution in [0.4, 0.5) is 13.2 Å². The summed E-state index contributed by atoms with van der Waals surface area (Å²) in [6, 6.07) is 1.00. The van der Waals surface area contributed by atoms with Crippen molar-refractivity contribution in [2.45, 2.75) is 25.9 Å². The minimum atomic E-state index is -4.49. The van der Waals surface area contributed by atoms with E-state index in [-0.39, 0.29) is 5.76 Å². The molecule has 0 unspecified atom stereocenters. The summed E-state index contributed by atoms with van der Waals surface area (Å²) >= 11 is 0. The van der Waals surface area contributed by atoms with E-state index in [4.69, 9.17) is 0 Å². The lowest BCUT2D eigenvalue weighted by Crippen LogP contribution is -2.17. The van der Waals surface area contributed by atoms with Gasteiger partial charge in [-0.25, -0.2) is 4.79 Å². The van der Waals surface area contributed by atoms with Crippen LogP contribution in [0.1, 0.15) is 29.0 Å². The Balaban J connectivity index is 2.94. The lowest BCUT2D eigenvalue weighted by Gasteiger charge is -2.05. The minimum Gasteiger partial charge on any atom is -0.507 e. The monoisotopic (exact) mass is 250 g/mol. The summed E-state index contributed by atoms with van der Waals surface area (Å²) in [5, 5.41) is 9.31. The molecular formula is C10H9F3O4. The maximum Gasteiger partial charge on any atom is 0.389 e. The van der Waals surface area contributed by atoms with Gasteiger partial charge in [-0.1, -0.05) is 0 Å². The van der Waals surface area contributed by atoms with Gasteiger partial charge in [-0.2, -0.15) is 13.2 Å². The Morgan fingerprint density at radius 3 is 2.53 bits per heavy atom. The molecule has 0 atom stereocenters. The molecule has 94 valence electrons.